The molecule has 1 fully saturated rings. The van der Waals surface area contributed by atoms with Gasteiger partial charge in [-0.2, -0.15) is 0 Å². The van der Waals surface area contributed by atoms with Crippen LogP contribution >= 0.6 is 0 Å². The molecule has 0 radical (unpaired) electrons. The molecule has 26 heavy (non-hydrogen) atoms. The van der Waals surface area contributed by atoms with E-state index in [1.807, 2.05) is 0 Å². The van der Waals surface area contributed by atoms with Gasteiger partial charge in [-0.25, -0.2) is 14.5 Å². The summed E-state index contributed by atoms with van der Waals surface area (Å²) in [5, 5.41) is 0. The van der Waals surface area contributed by atoms with Gasteiger partial charge >= 0.3 is 11.9 Å². The highest BCUT2D eigenvalue weighted by Crippen LogP contribution is 2.28. The summed E-state index contributed by atoms with van der Waals surface area (Å²) < 4.78 is 9.85. The van der Waals surface area contributed by atoms with Crippen molar-refractivity contribution in [1.29, 1.82) is 0 Å². The van der Waals surface area contributed by atoms with Crippen LogP contribution in [0.25, 0.3) is 0 Å². The molecule has 1 saturated heterocycles. The number of esters is 2. The Morgan fingerprint density at radius 1 is 0.962 bits per heavy atom. The van der Waals surface area contributed by atoms with E-state index in [2.05, 4.69) is 0 Å². The van der Waals surface area contributed by atoms with Gasteiger partial charge in [-0.1, -0.05) is 12.1 Å². The SMILES string of the molecule is O=C(O[C@H]1CCOC1=O)c1ccc(N2C(=O)c3ccccc3C2=O)cc1. The first-order valence-electron chi connectivity index (χ1n) is 8.02. The van der Waals surface area contributed by atoms with Crippen LogP contribution in [-0.2, 0) is 14.3 Å². The molecule has 2 amide bonds. The summed E-state index contributed by atoms with van der Waals surface area (Å²) in [5.74, 6) is -2.03. The number of amides is 2. The van der Waals surface area contributed by atoms with Crippen molar-refractivity contribution in [2.24, 2.45) is 0 Å². The fourth-order valence-corrected chi connectivity index (χ4v) is 2.95. The molecule has 130 valence electrons. The molecule has 0 saturated carbocycles. The van der Waals surface area contributed by atoms with E-state index < -0.39 is 29.9 Å². The van der Waals surface area contributed by atoms with E-state index in [0.717, 1.165) is 4.90 Å². The number of fused-ring (bicyclic) bond motifs is 1. The second kappa shape index (κ2) is 6.11. The first-order chi connectivity index (χ1) is 12.6. The maximum atomic E-state index is 12.5. The predicted octanol–water partition coefficient (Wildman–Crippen LogP) is 1.96. The van der Waals surface area contributed by atoms with Gasteiger partial charge in [0.15, 0.2) is 0 Å². The van der Waals surface area contributed by atoms with Crippen molar-refractivity contribution < 1.29 is 28.7 Å². The smallest absolute Gasteiger partial charge is 0.347 e. The summed E-state index contributed by atoms with van der Waals surface area (Å²) in [6.07, 6.45) is -0.559. The third kappa shape index (κ3) is 2.54. The Morgan fingerprint density at radius 3 is 2.12 bits per heavy atom. The van der Waals surface area contributed by atoms with Crippen LogP contribution in [0.5, 0.6) is 0 Å². The van der Waals surface area contributed by atoms with Gasteiger partial charge in [0.25, 0.3) is 11.8 Å². The zero-order valence-corrected chi connectivity index (χ0v) is 13.5. The molecule has 0 aromatic heterocycles. The molecular formula is C19H13NO6. The van der Waals surface area contributed by atoms with E-state index in [1.165, 1.54) is 24.3 Å². The topological polar surface area (TPSA) is 90.0 Å². The Balaban J connectivity index is 1.53. The number of benzene rings is 2. The van der Waals surface area contributed by atoms with Crippen LogP contribution in [0.3, 0.4) is 0 Å². The van der Waals surface area contributed by atoms with Gasteiger partial charge in [0.1, 0.15) is 0 Å². The van der Waals surface area contributed by atoms with Gasteiger partial charge in [0.2, 0.25) is 6.10 Å². The Hall–Kier alpha value is -3.48. The Labute approximate surface area is 148 Å². The third-order valence-corrected chi connectivity index (χ3v) is 4.29. The standard InChI is InChI=1S/C19H13NO6/c21-16-13-3-1-2-4-14(13)17(22)20(16)12-7-5-11(6-8-12)18(23)26-15-9-10-25-19(15)24/h1-8,15H,9-10H2/t15-/m0/s1. The summed E-state index contributed by atoms with van der Waals surface area (Å²) in [5.41, 5.74) is 1.26. The molecular weight excluding hydrogens is 338 g/mol. The van der Waals surface area contributed by atoms with E-state index in [1.54, 1.807) is 24.3 Å². The highest BCUT2D eigenvalue weighted by atomic mass is 16.6. The van der Waals surface area contributed by atoms with Crippen LogP contribution in [0.1, 0.15) is 37.5 Å². The van der Waals surface area contributed by atoms with Gasteiger partial charge in [-0.05, 0) is 36.4 Å². The lowest BCUT2D eigenvalue weighted by molar-refractivity contribution is -0.145. The fraction of sp³-hybridized carbons (Fsp3) is 0.158. The van der Waals surface area contributed by atoms with Crippen molar-refractivity contribution in [2.45, 2.75) is 12.5 Å². The Kier molecular flexibility index (Phi) is 3.76. The first-order valence-corrected chi connectivity index (χ1v) is 8.02. The Bertz CT molecular complexity index is 898. The number of cyclic esters (lactones) is 1. The predicted molar refractivity (Wildman–Crippen MR) is 88.8 cm³/mol. The number of ether oxygens (including phenoxy) is 2. The monoisotopic (exact) mass is 351 g/mol. The molecule has 0 unspecified atom stereocenters. The Morgan fingerprint density at radius 2 is 1.58 bits per heavy atom. The van der Waals surface area contributed by atoms with E-state index in [4.69, 9.17) is 9.47 Å². The number of carbonyl (C=O) groups excluding carboxylic acids is 4. The average Bonchev–Trinajstić information content (AvgIpc) is 3.17. The third-order valence-electron chi connectivity index (χ3n) is 4.29. The molecule has 2 aliphatic heterocycles. The lowest BCUT2D eigenvalue weighted by Crippen LogP contribution is -2.29. The van der Waals surface area contributed by atoms with Crippen molar-refractivity contribution in [3.8, 4) is 0 Å². The highest BCUT2D eigenvalue weighted by Gasteiger charge is 2.36. The molecule has 4 rings (SSSR count). The number of hydrogen-bond donors (Lipinski definition) is 0. The van der Waals surface area contributed by atoms with Crippen LogP contribution < -0.4 is 4.90 Å². The first kappa shape index (κ1) is 16.0. The summed E-state index contributed by atoms with van der Waals surface area (Å²) in [6.45, 7) is 0.232. The molecule has 2 aromatic carbocycles. The summed E-state index contributed by atoms with van der Waals surface area (Å²) in [4.78, 5) is 49.4. The minimum atomic E-state index is -0.890. The second-order valence-corrected chi connectivity index (χ2v) is 5.89. The van der Waals surface area contributed by atoms with Crippen LogP contribution in [0.4, 0.5) is 5.69 Å². The number of rotatable bonds is 3. The number of anilines is 1. The van der Waals surface area contributed by atoms with Gasteiger partial charge in [0, 0.05) is 6.42 Å². The molecule has 0 spiro atoms. The molecule has 2 aliphatic rings. The lowest BCUT2D eigenvalue weighted by atomic mass is 10.1. The van der Waals surface area contributed by atoms with E-state index in [-0.39, 0.29) is 12.2 Å². The molecule has 0 bridgehead atoms. The van der Waals surface area contributed by atoms with E-state index in [0.29, 0.717) is 23.2 Å². The molecule has 2 heterocycles. The van der Waals surface area contributed by atoms with Gasteiger partial charge in [0.05, 0.1) is 29.0 Å². The van der Waals surface area contributed by atoms with Crippen molar-refractivity contribution in [3.63, 3.8) is 0 Å². The maximum Gasteiger partial charge on any atom is 0.347 e. The molecule has 7 nitrogen and oxygen atoms in total. The summed E-state index contributed by atoms with van der Waals surface area (Å²) in [7, 11) is 0. The number of hydrogen-bond acceptors (Lipinski definition) is 6. The zero-order valence-electron chi connectivity index (χ0n) is 13.5. The summed E-state index contributed by atoms with van der Waals surface area (Å²) >= 11 is 0. The van der Waals surface area contributed by atoms with E-state index >= 15 is 0 Å². The van der Waals surface area contributed by atoms with Gasteiger partial charge in [-0.15, -0.1) is 0 Å². The second-order valence-electron chi connectivity index (χ2n) is 5.89. The summed E-state index contributed by atoms with van der Waals surface area (Å²) in [6, 6.07) is 12.5. The van der Waals surface area contributed by atoms with Gasteiger partial charge < -0.3 is 9.47 Å². The van der Waals surface area contributed by atoms with E-state index in [9.17, 15) is 19.2 Å². The lowest BCUT2D eigenvalue weighted by Gasteiger charge is -2.14. The van der Waals surface area contributed by atoms with Crippen LogP contribution in [-0.4, -0.2) is 36.5 Å². The van der Waals surface area contributed by atoms with Crippen LogP contribution in [0, 0.1) is 0 Å². The van der Waals surface area contributed by atoms with Crippen molar-refractivity contribution in [1.82, 2.24) is 0 Å². The molecule has 7 heteroatoms. The zero-order chi connectivity index (χ0) is 18.3. The fourth-order valence-electron chi connectivity index (χ4n) is 2.95. The minimum Gasteiger partial charge on any atom is -0.463 e. The maximum absolute atomic E-state index is 12.5. The van der Waals surface area contributed by atoms with Gasteiger partial charge in [-0.3, -0.25) is 9.59 Å². The number of imide groups is 1. The van der Waals surface area contributed by atoms with Crippen LogP contribution in [0.15, 0.2) is 48.5 Å². The quantitative estimate of drug-likeness (QED) is 0.620. The molecule has 1 atom stereocenters. The van der Waals surface area contributed by atoms with Crippen molar-refractivity contribution in [2.75, 3.05) is 11.5 Å². The molecule has 0 aliphatic carbocycles. The van der Waals surface area contributed by atoms with Crippen molar-refractivity contribution in [3.05, 3.63) is 65.2 Å². The number of nitrogens with zero attached hydrogens (tertiary/aromatic N) is 1. The highest BCUT2D eigenvalue weighted by molar-refractivity contribution is 6.34. The number of carbonyl (C=O) groups is 4. The normalized spacial score (nSPS) is 18.7. The minimum absolute atomic E-state index is 0.213. The largest absolute Gasteiger partial charge is 0.463 e. The molecule has 0 N–H and O–H groups in total. The average molecular weight is 351 g/mol. The molecule has 2 aromatic rings. The van der Waals surface area contributed by atoms with Crippen LogP contribution in [0.2, 0.25) is 0 Å². The van der Waals surface area contributed by atoms with Crippen molar-refractivity contribution >= 4 is 29.4 Å².